The van der Waals surface area contributed by atoms with Gasteiger partial charge in [0.25, 0.3) is 5.56 Å². The van der Waals surface area contributed by atoms with Crippen LogP contribution in [0.1, 0.15) is 6.23 Å². The zero-order valence-corrected chi connectivity index (χ0v) is 18.6. The highest BCUT2D eigenvalue weighted by atomic mass is 31.3. The Labute approximate surface area is 188 Å². The zero-order valence-electron chi connectivity index (χ0n) is 16.8. The van der Waals surface area contributed by atoms with Gasteiger partial charge in [-0.15, -0.1) is 0 Å². The number of aliphatic hydroxyl groups is 5. The molecule has 3 heterocycles. The smallest absolute Gasteiger partial charge is 0.388 e. The van der Waals surface area contributed by atoms with Crippen molar-refractivity contribution in [3.05, 3.63) is 33.1 Å². The SMILES string of the molecule is O=c1ccn([C@@H]2O[C@H](COP(=O)(O)OP(=O)(O)O[C@@H]3OC[C@H](O)[C@H](O)[C@H]3O)[C@@H](O)[C@H]2O)c(=O)[nH]1. The molecule has 34 heavy (non-hydrogen) atoms. The number of phosphoric ester groups is 2. The average molecular weight is 536 g/mol. The van der Waals surface area contributed by atoms with Gasteiger partial charge in [-0.25, -0.2) is 13.9 Å². The van der Waals surface area contributed by atoms with Gasteiger partial charge in [0.1, 0.15) is 36.6 Å². The van der Waals surface area contributed by atoms with E-state index in [2.05, 4.69) is 13.4 Å². The summed E-state index contributed by atoms with van der Waals surface area (Å²) in [5, 5.41) is 48.8. The number of aliphatic hydroxyl groups excluding tert-OH is 5. The molecule has 0 aliphatic carbocycles. The van der Waals surface area contributed by atoms with Crippen LogP contribution in [0.25, 0.3) is 0 Å². The third-order valence-electron chi connectivity index (χ3n) is 4.76. The molecule has 0 amide bonds. The third-order valence-corrected chi connectivity index (χ3v) is 7.36. The molecule has 0 bridgehead atoms. The maximum atomic E-state index is 12.1. The van der Waals surface area contributed by atoms with Gasteiger partial charge in [-0.05, 0) is 0 Å². The summed E-state index contributed by atoms with van der Waals surface area (Å²) in [6.45, 7) is -1.59. The van der Waals surface area contributed by atoms with E-state index in [-0.39, 0.29) is 0 Å². The van der Waals surface area contributed by atoms with Crippen molar-refractivity contribution in [1.29, 1.82) is 0 Å². The molecule has 2 fully saturated rings. The van der Waals surface area contributed by atoms with Crippen molar-refractivity contribution < 1.29 is 67.3 Å². The van der Waals surface area contributed by atoms with Gasteiger partial charge < -0.3 is 44.8 Å². The lowest BCUT2D eigenvalue weighted by atomic mass is 10.1. The highest BCUT2D eigenvalue weighted by Gasteiger charge is 2.47. The van der Waals surface area contributed by atoms with Gasteiger partial charge in [-0.2, -0.15) is 4.31 Å². The predicted molar refractivity (Wildman–Crippen MR) is 103 cm³/mol. The Morgan fingerprint density at radius 2 is 1.71 bits per heavy atom. The topological polar surface area (TPSA) is 277 Å². The van der Waals surface area contributed by atoms with Crippen LogP contribution in [0.2, 0.25) is 0 Å². The van der Waals surface area contributed by atoms with E-state index in [1.165, 1.54) is 0 Å². The van der Waals surface area contributed by atoms with Crippen molar-refractivity contribution >= 4 is 15.6 Å². The monoisotopic (exact) mass is 536 g/mol. The van der Waals surface area contributed by atoms with Gasteiger partial charge in [0.05, 0.1) is 13.2 Å². The number of nitrogens with one attached hydrogen (secondary N) is 1. The minimum Gasteiger partial charge on any atom is -0.388 e. The molecule has 1 aromatic rings. The van der Waals surface area contributed by atoms with E-state index in [1.807, 2.05) is 4.98 Å². The highest BCUT2D eigenvalue weighted by molar-refractivity contribution is 7.61. The van der Waals surface area contributed by atoms with Crippen LogP contribution in [0.3, 0.4) is 0 Å². The molecule has 3 rings (SSSR count). The Morgan fingerprint density at radius 3 is 2.35 bits per heavy atom. The number of hydrogen-bond donors (Lipinski definition) is 8. The number of nitrogens with zero attached hydrogens (tertiary/aromatic N) is 1. The number of aromatic amines is 1. The fraction of sp³-hybridized carbons (Fsp3) is 0.714. The first-order chi connectivity index (χ1) is 15.7. The van der Waals surface area contributed by atoms with Crippen molar-refractivity contribution in [3.63, 3.8) is 0 Å². The normalized spacial score (nSPS) is 37.7. The first-order valence-corrected chi connectivity index (χ1v) is 12.4. The Morgan fingerprint density at radius 1 is 1.03 bits per heavy atom. The predicted octanol–water partition coefficient (Wildman–Crippen LogP) is -4.15. The highest BCUT2D eigenvalue weighted by Crippen LogP contribution is 2.61. The summed E-state index contributed by atoms with van der Waals surface area (Å²) in [6.07, 6.45) is -13.0. The van der Waals surface area contributed by atoms with Crippen molar-refractivity contribution in [1.82, 2.24) is 9.55 Å². The molecule has 2 aliphatic rings. The van der Waals surface area contributed by atoms with Crippen LogP contribution in [0.5, 0.6) is 0 Å². The molecule has 0 radical (unpaired) electrons. The molecule has 2 aliphatic heterocycles. The Balaban J connectivity index is 1.59. The molecule has 0 spiro atoms. The fourth-order valence-electron chi connectivity index (χ4n) is 3.07. The largest absolute Gasteiger partial charge is 0.483 e. The van der Waals surface area contributed by atoms with Gasteiger partial charge in [-0.1, -0.05) is 0 Å². The first-order valence-electron chi connectivity index (χ1n) is 9.39. The summed E-state index contributed by atoms with van der Waals surface area (Å²) in [5.41, 5.74) is -1.72. The standard InChI is InChI=1S/C14H22N2O16P2/c17-5-3-28-13(11(22)8(5)19)31-34(26,27)32-33(24,25)29-4-6-9(20)10(21)12(30-6)16-2-1-7(18)15-14(16)23/h1-2,5-6,8-13,17,19-22H,3-4H2,(H,24,25)(H,26,27)(H,15,18,23)/t5-,6+,8-,9+,10+,11+,12+,13-/m0/s1. The Hall–Kier alpha value is -1.34. The van der Waals surface area contributed by atoms with Gasteiger partial charge in [0.2, 0.25) is 0 Å². The fourth-order valence-corrected chi connectivity index (χ4v) is 5.24. The number of hydrogen-bond acceptors (Lipinski definition) is 14. The summed E-state index contributed by atoms with van der Waals surface area (Å²) in [4.78, 5) is 44.3. The van der Waals surface area contributed by atoms with E-state index in [4.69, 9.17) is 9.47 Å². The van der Waals surface area contributed by atoms with Crippen LogP contribution in [-0.4, -0.2) is 101 Å². The van der Waals surface area contributed by atoms with Crippen LogP contribution in [0.15, 0.2) is 21.9 Å². The van der Waals surface area contributed by atoms with Crippen LogP contribution < -0.4 is 11.2 Å². The molecule has 2 saturated heterocycles. The zero-order chi connectivity index (χ0) is 25.4. The number of H-pyrrole nitrogens is 1. The minimum atomic E-state index is -5.47. The lowest BCUT2D eigenvalue weighted by Gasteiger charge is -2.35. The summed E-state index contributed by atoms with van der Waals surface area (Å²) in [6, 6.07) is 0.939. The molecule has 2 unspecified atom stereocenters. The summed E-state index contributed by atoms with van der Waals surface area (Å²) < 4.78 is 47.7. The molecule has 0 saturated carbocycles. The van der Waals surface area contributed by atoms with Gasteiger partial charge in [0.15, 0.2) is 12.5 Å². The molecule has 8 N–H and O–H groups in total. The lowest BCUT2D eigenvalue weighted by molar-refractivity contribution is -0.245. The van der Waals surface area contributed by atoms with Crippen molar-refractivity contribution in [2.45, 2.75) is 49.1 Å². The number of rotatable bonds is 8. The maximum absolute atomic E-state index is 12.1. The summed E-state index contributed by atoms with van der Waals surface area (Å²) in [7, 11) is -10.9. The Bertz CT molecular complexity index is 1080. The van der Waals surface area contributed by atoms with Gasteiger partial charge in [-0.3, -0.25) is 23.4 Å². The molecular formula is C14H22N2O16P2. The van der Waals surface area contributed by atoms with Crippen LogP contribution >= 0.6 is 15.6 Å². The van der Waals surface area contributed by atoms with E-state index < -0.39 is 89.2 Å². The van der Waals surface area contributed by atoms with Crippen molar-refractivity contribution in [2.75, 3.05) is 13.2 Å². The van der Waals surface area contributed by atoms with E-state index in [9.17, 15) is 54.0 Å². The van der Waals surface area contributed by atoms with Crippen LogP contribution in [0, 0.1) is 0 Å². The quantitative estimate of drug-likeness (QED) is 0.146. The Kier molecular flexibility index (Phi) is 8.28. The van der Waals surface area contributed by atoms with E-state index in [0.717, 1.165) is 16.8 Å². The molecule has 20 heteroatoms. The van der Waals surface area contributed by atoms with Crippen LogP contribution in [-0.2, 0) is 32.0 Å². The molecule has 1 aromatic heterocycles. The van der Waals surface area contributed by atoms with Gasteiger partial charge >= 0.3 is 21.3 Å². The third kappa shape index (κ3) is 6.26. The molecular weight excluding hydrogens is 514 g/mol. The molecule has 194 valence electrons. The first kappa shape index (κ1) is 27.3. The van der Waals surface area contributed by atoms with Gasteiger partial charge in [0, 0.05) is 12.3 Å². The van der Waals surface area contributed by atoms with E-state index in [0.29, 0.717) is 0 Å². The lowest BCUT2D eigenvalue weighted by Crippen LogP contribution is -2.53. The second-order valence-electron chi connectivity index (χ2n) is 7.23. The van der Waals surface area contributed by atoms with Crippen molar-refractivity contribution in [2.24, 2.45) is 0 Å². The minimum absolute atomic E-state index is 0.602. The molecule has 10 atom stereocenters. The van der Waals surface area contributed by atoms with E-state index in [1.54, 1.807) is 0 Å². The summed E-state index contributed by atoms with van der Waals surface area (Å²) in [5.74, 6) is 0. The van der Waals surface area contributed by atoms with Crippen molar-refractivity contribution in [3.8, 4) is 0 Å². The average Bonchev–Trinajstić information content (AvgIpc) is 3.00. The molecule has 18 nitrogen and oxygen atoms in total. The molecule has 0 aromatic carbocycles. The second-order valence-corrected chi connectivity index (χ2v) is 10.2. The number of aromatic nitrogens is 2. The maximum Gasteiger partial charge on any atom is 0.483 e. The summed E-state index contributed by atoms with van der Waals surface area (Å²) >= 11 is 0. The van der Waals surface area contributed by atoms with E-state index >= 15 is 0 Å². The number of ether oxygens (including phenoxy) is 2. The second kappa shape index (κ2) is 10.3. The van der Waals surface area contributed by atoms with Crippen LogP contribution in [0.4, 0.5) is 0 Å². The number of phosphoric acid groups is 2.